The SMILES string of the molecule is CC(C)c1cccc(C(C)C)c1[N]1CC[N](c2c(C(C)C)cccc2C(C)C)[Sn]1. The van der Waals surface area contributed by atoms with Crippen LogP contribution in [0.3, 0.4) is 0 Å². The molecule has 0 atom stereocenters. The van der Waals surface area contributed by atoms with Crippen molar-refractivity contribution < 1.29 is 0 Å². The van der Waals surface area contributed by atoms with Crippen LogP contribution in [0, 0.1) is 0 Å². The second-order valence-corrected chi connectivity index (χ2v) is 13.2. The molecule has 2 nitrogen and oxygen atoms in total. The van der Waals surface area contributed by atoms with Gasteiger partial charge in [-0.3, -0.25) is 0 Å². The second kappa shape index (κ2) is 9.32. The summed E-state index contributed by atoms with van der Waals surface area (Å²) in [7, 11) is 0. The molecule has 2 aromatic carbocycles. The molecule has 2 radical (unpaired) electrons. The van der Waals surface area contributed by atoms with Gasteiger partial charge in [-0.25, -0.2) is 0 Å². The van der Waals surface area contributed by atoms with Gasteiger partial charge in [0.05, 0.1) is 0 Å². The number of rotatable bonds is 6. The summed E-state index contributed by atoms with van der Waals surface area (Å²) >= 11 is -0.920. The molecule has 0 saturated carbocycles. The van der Waals surface area contributed by atoms with Crippen LogP contribution in [0.4, 0.5) is 11.4 Å². The van der Waals surface area contributed by atoms with E-state index in [9.17, 15) is 0 Å². The molecular formula is C26H38N2Sn. The molecule has 1 saturated heterocycles. The third kappa shape index (κ3) is 4.62. The van der Waals surface area contributed by atoms with Crippen LogP contribution in [0.1, 0.15) is 101 Å². The number of anilines is 2. The van der Waals surface area contributed by atoms with Crippen LogP contribution in [-0.4, -0.2) is 34.8 Å². The Morgan fingerprint density at radius 2 is 0.828 bits per heavy atom. The Morgan fingerprint density at radius 1 is 0.552 bits per heavy atom. The van der Waals surface area contributed by atoms with E-state index in [1.54, 1.807) is 11.4 Å². The van der Waals surface area contributed by atoms with Gasteiger partial charge < -0.3 is 0 Å². The van der Waals surface area contributed by atoms with Gasteiger partial charge in [0.1, 0.15) is 0 Å². The summed E-state index contributed by atoms with van der Waals surface area (Å²) in [6.07, 6.45) is 0. The third-order valence-corrected chi connectivity index (χ3v) is 9.94. The Bertz CT molecular complexity index is 717. The van der Waals surface area contributed by atoms with Crippen molar-refractivity contribution in [3.05, 3.63) is 58.7 Å². The molecule has 0 bridgehead atoms. The van der Waals surface area contributed by atoms with Crippen LogP contribution < -0.4 is 6.24 Å². The molecule has 0 N–H and O–H groups in total. The third-order valence-electron chi connectivity index (χ3n) is 6.01. The van der Waals surface area contributed by atoms with Gasteiger partial charge in [-0.2, -0.15) is 0 Å². The summed E-state index contributed by atoms with van der Waals surface area (Å²) in [6.45, 7) is 21.1. The van der Waals surface area contributed by atoms with Crippen LogP contribution in [0.2, 0.25) is 0 Å². The first kappa shape index (κ1) is 22.5. The van der Waals surface area contributed by atoms with Crippen molar-refractivity contribution in [2.45, 2.75) is 79.1 Å². The van der Waals surface area contributed by atoms with E-state index in [0.29, 0.717) is 23.7 Å². The summed E-state index contributed by atoms with van der Waals surface area (Å²) < 4.78 is 5.60. The molecular weight excluding hydrogens is 459 g/mol. The van der Waals surface area contributed by atoms with Crippen LogP contribution in [0.15, 0.2) is 36.4 Å². The number of hydrogen-bond acceptors (Lipinski definition) is 2. The predicted octanol–water partition coefficient (Wildman–Crippen LogP) is 7.04. The van der Waals surface area contributed by atoms with Gasteiger partial charge in [-0.15, -0.1) is 0 Å². The molecule has 0 aliphatic carbocycles. The molecule has 29 heavy (non-hydrogen) atoms. The predicted molar refractivity (Wildman–Crippen MR) is 130 cm³/mol. The Labute approximate surface area is 189 Å². The summed E-state index contributed by atoms with van der Waals surface area (Å²) in [6, 6.07) is 14.0. The standard InChI is InChI=1S/C26H38N2.Sn/c1-17(2)21-11-9-12-22(18(3)4)25(21)27-15-16-28-26-23(19(5)6)13-10-14-24(26)20(7)8;/h9-14,17-20H,15-16H2,1-8H3;/q-2;+2. The van der Waals surface area contributed by atoms with E-state index in [1.165, 1.54) is 35.3 Å². The van der Waals surface area contributed by atoms with Crippen molar-refractivity contribution >= 4 is 33.1 Å². The fraction of sp³-hybridized carbons (Fsp3) is 0.538. The van der Waals surface area contributed by atoms with Crippen molar-refractivity contribution in [1.29, 1.82) is 0 Å². The Kier molecular flexibility index (Phi) is 7.24. The molecule has 1 fully saturated rings. The van der Waals surface area contributed by atoms with E-state index in [1.807, 2.05) is 0 Å². The monoisotopic (exact) mass is 498 g/mol. The minimum absolute atomic E-state index is 0.561. The minimum atomic E-state index is -0.920. The molecule has 2 aromatic rings. The van der Waals surface area contributed by atoms with Crippen LogP contribution >= 0.6 is 0 Å². The zero-order valence-corrected chi connectivity index (χ0v) is 22.4. The van der Waals surface area contributed by atoms with Gasteiger partial charge in [0, 0.05) is 0 Å². The Morgan fingerprint density at radius 3 is 1.07 bits per heavy atom. The number of para-hydroxylation sites is 2. The first-order valence-corrected chi connectivity index (χ1v) is 13.8. The number of benzene rings is 2. The second-order valence-electron chi connectivity index (χ2n) is 9.59. The van der Waals surface area contributed by atoms with E-state index in [0.717, 1.165) is 0 Å². The van der Waals surface area contributed by atoms with Crippen LogP contribution in [0.25, 0.3) is 0 Å². The van der Waals surface area contributed by atoms with Gasteiger partial charge >= 0.3 is 190 Å². The molecule has 1 heterocycles. The van der Waals surface area contributed by atoms with Crippen molar-refractivity contribution in [2.75, 3.05) is 19.3 Å². The van der Waals surface area contributed by atoms with Gasteiger partial charge in [0.25, 0.3) is 0 Å². The van der Waals surface area contributed by atoms with E-state index in [4.69, 9.17) is 0 Å². The zero-order valence-electron chi connectivity index (χ0n) is 19.6. The Balaban J connectivity index is 2.03. The van der Waals surface area contributed by atoms with Gasteiger partial charge in [0.15, 0.2) is 0 Å². The van der Waals surface area contributed by atoms with E-state index in [2.05, 4.69) is 98.0 Å². The van der Waals surface area contributed by atoms with Gasteiger partial charge in [-0.05, 0) is 0 Å². The molecule has 1 aliphatic heterocycles. The van der Waals surface area contributed by atoms with Crippen molar-refractivity contribution in [1.82, 2.24) is 0 Å². The molecule has 0 aromatic heterocycles. The number of nitrogens with zero attached hydrogens (tertiary/aromatic N) is 2. The van der Waals surface area contributed by atoms with Crippen molar-refractivity contribution in [3.63, 3.8) is 0 Å². The summed E-state index contributed by atoms with van der Waals surface area (Å²) in [5.41, 5.74) is 9.22. The fourth-order valence-corrected chi connectivity index (χ4v) is 8.43. The van der Waals surface area contributed by atoms with E-state index in [-0.39, 0.29) is 0 Å². The van der Waals surface area contributed by atoms with Gasteiger partial charge in [0.2, 0.25) is 0 Å². The average Bonchev–Trinajstić information content (AvgIpc) is 3.15. The molecule has 0 spiro atoms. The molecule has 3 rings (SSSR count). The summed E-state index contributed by atoms with van der Waals surface area (Å²) in [4.78, 5) is 0. The molecule has 3 heteroatoms. The van der Waals surface area contributed by atoms with Crippen molar-refractivity contribution in [2.24, 2.45) is 0 Å². The first-order valence-electron chi connectivity index (χ1n) is 11.3. The fourth-order valence-electron chi connectivity index (χ4n) is 4.42. The quantitative estimate of drug-likeness (QED) is 0.395. The first-order chi connectivity index (χ1) is 13.7. The molecule has 0 unspecified atom stereocenters. The molecule has 0 amide bonds. The zero-order chi connectivity index (χ0) is 21.3. The number of hydrogen-bond donors (Lipinski definition) is 0. The van der Waals surface area contributed by atoms with E-state index >= 15 is 0 Å². The molecule has 156 valence electrons. The van der Waals surface area contributed by atoms with Gasteiger partial charge in [-0.1, -0.05) is 0 Å². The maximum absolute atomic E-state index is 2.80. The summed E-state index contributed by atoms with van der Waals surface area (Å²) in [5.74, 6) is 2.25. The van der Waals surface area contributed by atoms with Crippen molar-refractivity contribution in [3.8, 4) is 0 Å². The Hall–Kier alpha value is -1.16. The topological polar surface area (TPSA) is 6.48 Å². The van der Waals surface area contributed by atoms with Crippen LogP contribution in [0.5, 0.6) is 0 Å². The summed E-state index contributed by atoms with van der Waals surface area (Å²) in [5, 5.41) is 0. The average molecular weight is 497 g/mol. The molecule has 1 aliphatic rings. The van der Waals surface area contributed by atoms with Crippen LogP contribution in [-0.2, 0) is 0 Å². The van der Waals surface area contributed by atoms with E-state index < -0.39 is 21.7 Å². The maximum atomic E-state index is 2.80. The normalized spacial score (nSPS) is 14.9.